The van der Waals surface area contributed by atoms with Gasteiger partial charge in [0.25, 0.3) is 0 Å². The molecule has 3 aromatic rings. The molecule has 3 aromatic heterocycles. The predicted octanol–water partition coefficient (Wildman–Crippen LogP) is 2.77. The highest BCUT2D eigenvalue weighted by Crippen LogP contribution is 2.26. The fourth-order valence-electron chi connectivity index (χ4n) is 1.82. The van der Waals surface area contributed by atoms with Crippen LogP contribution in [-0.4, -0.2) is 14.6 Å². The SMILES string of the molecule is Nc1cc2cc(-c3cc(Cl)ncc3F)ccn2n1. The molecule has 0 saturated carbocycles. The number of nitrogen functional groups attached to an aromatic ring is 1. The van der Waals surface area contributed by atoms with E-state index in [4.69, 9.17) is 17.3 Å². The fraction of sp³-hybridized carbons (Fsp3) is 0. The summed E-state index contributed by atoms with van der Waals surface area (Å²) in [5.41, 5.74) is 7.48. The number of nitrogens with two attached hydrogens (primary N) is 1. The van der Waals surface area contributed by atoms with Crippen LogP contribution < -0.4 is 5.73 Å². The lowest BCUT2D eigenvalue weighted by atomic mass is 10.1. The lowest BCUT2D eigenvalue weighted by Crippen LogP contribution is -1.91. The molecule has 0 saturated heterocycles. The quantitative estimate of drug-likeness (QED) is 0.686. The van der Waals surface area contributed by atoms with Gasteiger partial charge in [0, 0.05) is 17.8 Å². The molecule has 2 N–H and O–H groups in total. The lowest BCUT2D eigenvalue weighted by molar-refractivity contribution is 0.625. The molecule has 0 fully saturated rings. The van der Waals surface area contributed by atoms with Gasteiger partial charge in [0.1, 0.15) is 16.8 Å². The summed E-state index contributed by atoms with van der Waals surface area (Å²) in [4.78, 5) is 3.68. The van der Waals surface area contributed by atoms with E-state index in [0.29, 0.717) is 16.9 Å². The molecule has 0 bridgehead atoms. The van der Waals surface area contributed by atoms with Crippen molar-refractivity contribution in [3.05, 3.63) is 47.6 Å². The van der Waals surface area contributed by atoms with Gasteiger partial charge < -0.3 is 5.73 Å². The number of pyridine rings is 2. The summed E-state index contributed by atoms with van der Waals surface area (Å²) < 4.78 is 15.3. The van der Waals surface area contributed by atoms with Crippen molar-refractivity contribution in [3.8, 4) is 11.1 Å². The van der Waals surface area contributed by atoms with Crippen LogP contribution in [0.25, 0.3) is 16.6 Å². The standard InChI is InChI=1S/C12H8ClFN4/c13-11-5-9(10(14)6-16-11)7-1-2-18-8(3-7)4-12(15)17-18/h1-6H,(H2,15,17). The van der Waals surface area contributed by atoms with Crippen molar-refractivity contribution in [1.29, 1.82) is 0 Å². The number of halogens is 2. The van der Waals surface area contributed by atoms with Crippen LogP contribution in [0.15, 0.2) is 36.7 Å². The van der Waals surface area contributed by atoms with Crippen LogP contribution in [0, 0.1) is 5.82 Å². The maximum Gasteiger partial charge on any atom is 0.149 e. The van der Waals surface area contributed by atoms with Gasteiger partial charge in [-0.1, -0.05) is 11.6 Å². The number of aromatic nitrogens is 3. The van der Waals surface area contributed by atoms with Crippen molar-refractivity contribution in [2.75, 3.05) is 5.73 Å². The summed E-state index contributed by atoms with van der Waals surface area (Å²) in [6, 6.07) is 6.74. The molecule has 0 aliphatic carbocycles. The first-order valence-corrected chi connectivity index (χ1v) is 5.57. The third-order valence-electron chi connectivity index (χ3n) is 2.62. The third-order valence-corrected chi connectivity index (χ3v) is 2.82. The molecule has 18 heavy (non-hydrogen) atoms. The first-order valence-electron chi connectivity index (χ1n) is 5.20. The van der Waals surface area contributed by atoms with Gasteiger partial charge in [0.15, 0.2) is 0 Å². The topological polar surface area (TPSA) is 56.2 Å². The average molecular weight is 263 g/mol. The fourth-order valence-corrected chi connectivity index (χ4v) is 1.97. The zero-order valence-corrected chi connectivity index (χ0v) is 9.89. The Morgan fingerprint density at radius 3 is 2.94 bits per heavy atom. The van der Waals surface area contributed by atoms with Crippen LogP contribution in [0.5, 0.6) is 0 Å². The largest absolute Gasteiger partial charge is 0.382 e. The van der Waals surface area contributed by atoms with E-state index in [0.717, 1.165) is 11.7 Å². The van der Waals surface area contributed by atoms with E-state index in [1.165, 1.54) is 6.07 Å². The molecular weight excluding hydrogens is 255 g/mol. The average Bonchev–Trinajstić information content (AvgIpc) is 2.71. The molecule has 0 aromatic carbocycles. The van der Waals surface area contributed by atoms with Gasteiger partial charge in [-0.2, -0.15) is 5.10 Å². The normalized spacial score (nSPS) is 11.0. The first-order chi connectivity index (χ1) is 8.63. The van der Waals surface area contributed by atoms with Gasteiger partial charge in [-0.15, -0.1) is 0 Å². The summed E-state index contributed by atoms with van der Waals surface area (Å²) in [5, 5.41) is 4.30. The summed E-state index contributed by atoms with van der Waals surface area (Å²) in [7, 11) is 0. The van der Waals surface area contributed by atoms with E-state index in [1.807, 2.05) is 0 Å². The van der Waals surface area contributed by atoms with Gasteiger partial charge in [0.05, 0.1) is 11.7 Å². The number of rotatable bonds is 1. The van der Waals surface area contributed by atoms with Crippen molar-refractivity contribution in [1.82, 2.24) is 14.6 Å². The molecule has 90 valence electrons. The second kappa shape index (κ2) is 3.96. The Kier molecular flexibility index (Phi) is 2.41. The highest BCUT2D eigenvalue weighted by atomic mass is 35.5. The van der Waals surface area contributed by atoms with Gasteiger partial charge in [-0.3, -0.25) is 0 Å². The second-order valence-corrected chi connectivity index (χ2v) is 4.23. The maximum absolute atomic E-state index is 13.7. The lowest BCUT2D eigenvalue weighted by Gasteiger charge is -2.04. The van der Waals surface area contributed by atoms with Crippen molar-refractivity contribution >= 4 is 22.9 Å². The Bertz CT molecular complexity index is 738. The Labute approximate surface area is 107 Å². The Morgan fingerprint density at radius 1 is 1.28 bits per heavy atom. The van der Waals surface area contributed by atoms with Gasteiger partial charge in [-0.25, -0.2) is 13.9 Å². The van der Waals surface area contributed by atoms with Crippen LogP contribution in [0.4, 0.5) is 10.2 Å². The summed E-state index contributed by atoms with van der Waals surface area (Å²) in [6.07, 6.45) is 2.82. The zero-order chi connectivity index (χ0) is 12.7. The minimum Gasteiger partial charge on any atom is -0.382 e. The van der Waals surface area contributed by atoms with Crippen LogP contribution in [0.2, 0.25) is 5.15 Å². The minimum atomic E-state index is -0.420. The van der Waals surface area contributed by atoms with Crippen molar-refractivity contribution < 1.29 is 4.39 Å². The molecule has 0 unspecified atom stereocenters. The smallest absolute Gasteiger partial charge is 0.149 e. The van der Waals surface area contributed by atoms with Crippen LogP contribution >= 0.6 is 11.6 Å². The number of nitrogens with zero attached hydrogens (tertiary/aromatic N) is 3. The molecule has 3 rings (SSSR count). The van der Waals surface area contributed by atoms with Crippen molar-refractivity contribution in [2.45, 2.75) is 0 Å². The van der Waals surface area contributed by atoms with E-state index in [-0.39, 0.29) is 5.15 Å². The number of fused-ring (bicyclic) bond motifs is 1. The van der Waals surface area contributed by atoms with Crippen molar-refractivity contribution in [2.24, 2.45) is 0 Å². The summed E-state index contributed by atoms with van der Waals surface area (Å²) in [6.45, 7) is 0. The highest BCUT2D eigenvalue weighted by Gasteiger charge is 2.08. The van der Waals surface area contributed by atoms with Crippen LogP contribution in [0.1, 0.15) is 0 Å². The first kappa shape index (κ1) is 11.0. The molecular formula is C12H8ClFN4. The minimum absolute atomic E-state index is 0.249. The van der Waals surface area contributed by atoms with E-state index in [2.05, 4.69) is 10.1 Å². The van der Waals surface area contributed by atoms with E-state index < -0.39 is 5.82 Å². The second-order valence-electron chi connectivity index (χ2n) is 3.84. The summed E-state index contributed by atoms with van der Waals surface area (Å²) >= 11 is 5.77. The van der Waals surface area contributed by atoms with Gasteiger partial charge >= 0.3 is 0 Å². The molecule has 4 nitrogen and oxygen atoms in total. The van der Waals surface area contributed by atoms with Gasteiger partial charge in [-0.05, 0) is 23.8 Å². The van der Waals surface area contributed by atoms with Crippen LogP contribution in [0.3, 0.4) is 0 Å². The monoisotopic (exact) mass is 262 g/mol. The highest BCUT2D eigenvalue weighted by molar-refractivity contribution is 6.29. The Hall–Kier alpha value is -2.14. The third kappa shape index (κ3) is 1.78. The molecule has 0 aliphatic rings. The van der Waals surface area contributed by atoms with E-state index in [1.54, 1.807) is 28.9 Å². The Balaban J connectivity index is 2.21. The molecule has 6 heteroatoms. The molecule has 0 amide bonds. The maximum atomic E-state index is 13.7. The van der Waals surface area contributed by atoms with Crippen LogP contribution in [-0.2, 0) is 0 Å². The van der Waals surface area contributed by atoms with E-state index >= 15 is 0 Å². The number of hydrogen-bond acceptors (Lipinski definition) is 3. The van der Waals surface area contributed by atoms with E-state index in [9.17, 15) is 4.39 Å². The molecule has 0 radical (unpaired) electrons. The molecule has 0 spiro atoms. The zero-order valence-electron chi connectivity index (χ0n) is 9.14. The number of hydrogen-bond donors (Lipinski definition) is 1. The Morgan fingerprint density at radius 2 is 2.11 bits per heavy atom. The molecule has 3 heterocycles. The predicted molar refractivity (Wildman–Crippen MR) is 67.8 cm³/mol. The van der Waals surface area contributed by atoms with Crippen molar-refractivity contribution in [3.63, 3.8) is 0 Å². The summed E-state index contributed by atoms with van der Waals surface area (Å²) in [5.74, 6) is -0.00313. The van der Waals surface area contributed by atoms with Gasteiger partial charge in [0.2, 0.25) is 0 Å². The molecule has 0 aliphatic heterocycles. The number of anilines is 1. The molecule has 0 atom stereocenters.